The van der Waals surface area contributed by atoms with Crippen LogP contribution < -0.4 is 0 Å². The number of carboxylic acids is 2. The van der Waals surface area contributed by atoms with Crippen LogP contribution in [0.15, 0.2) is 72.8 Å². The van der Waals surface area contributed by atoms with Crippen molar-refractivity contribution in [3.63, 3.8) is 0 Å². The quantitative estimate of drug-likeness (QED) is 0.694. The number of nitrogens with zero attached hydrogens (tertiary/aromatic N) is 2. The highest BCUT2D eigenvalue weighted by molar-refractivity contribution is 5.89. The maximum absolute atomic E-state index is 9.55. The molecule has 0 aromatic heterocycles. The molecule has 1 heterocycles. The van der Waals surface area contributed by atoms with Crippen molar-refractivity contribution in [3.05, 3.63) is 83.9 Å². The zero-order chi connectivity index (χ0) is 22.1. The number of benzene rings is 2. The van der Waals surface area contributed by atoms with Gasteiger partial charge in [-0.25, -0.2) is 9.59 Å². The van der Waals surface area contributed by atoms with Crippen LogP contribution in [0.4, 0.5) is 0 Å². The molecule has 31 heavy (non-hydrogen) atoms. The predicted molar refractivity (Wildman–Crippen MR) is 120 cm³/mol. The monoisotopic (exact) mass is 422 g/mol. The summed E-state index contributed by atoms with van der Waals surface area (Å²) in [5, 5.41) is 15.6. The summed E-state index contributed by atoms with van der Waals surface area (Å²) in [6, 6.07) is 21.9. The normalized spacial score (nSPS) is 18.2. The Bertz CT molecular complexity index is 809. The summed E-state index contributed by atoms with van der Waals surface area (Å²) in [5.74, 6) is -2.51. The number of carboxylic acid groups (broad SMARTS) is 2. The minimum absolute atomic E-state index is 0.558. The Kier molecular flexibility index (Phi) is 7.98. The third-order valence-corrected chi connectivity index (χ3v) is 5.67. The fourth-order valence-electron chi connectivity index (χ4n) is 4.03. The first-order valence-corrected chi connectivity index (χ1v) is 10.6. The van der Waals surface area contributed by atoms with E-state index in [0.717, 1.165) is 13.1 Å². The summed E-state index contributed by atoms with van der Waals surface area (Å²) in [7, 11) is 0. The van der Waals surface area contributed by atoms with E-state index in [-0.39, 0.29) is 0 Å². The molecule has 4 rings (SSSR count). The smallest absolute Gasteiger partial charge is 0.328 e. The van der Waals surface area contributed by atoms with Crippen molar-refractivity contribution in [2.75, 3.05) is 26.2 Å². The molecular weight excluding hydrogens is 392 g/mol. The third-order valence-electron chi connectivity index (χ3n) is 5.67. The highest BCUT2D eigenvalue weighted by atomic mass is 16.4. The van der Waals surface area contributed by atoms with E-state index >= 15 is 0 Å². The van der Waals surface area contributed by atoms with Crippen LogP contribution in [0.5, 0.6) is 0 Å². The summed E-state index contributed by atoms with van der Waals surface area (Å²) in [6.07, 6.45) is 3.93. The van der Waals surface area contributed by atoms with E-state index in [1.165, 1.54) is 50.1 Å². The average Bonchev–Trinajstić information content (AvgIpc) is 3.53. The zero-order valence-electron chi connectivity index (χ0n) is 17.7. The lowest BCUT2D eigenvalue weighted by atomic mass is 10.1. The minimum Gasteiger partial charge on any atom is -0.478 e. The standard InChI is InChI=1S/C21H26N2.C4H4O4/c1-3-7-19(8-4-1)15-22-13-14-23(18-21(17-22)11-12-21)16-20-9-5-2-6-10-20;5-3(6)1-2-4(7)8/h1-10H,11-18H2;1-2H,(H,5,6)(H,7,8)/b;2-1+. The SMILES string of the molecule is O=C(O)/C=C/C(=O)O.c1ccc(CN2CCN(Cc3ccccc3)CC3(CC3)C2)cc1. The lowest BCUT2D eigenvalue weighted by molar-refractivity contribution is -0.134. The predicted octanol–water partition coefficient (Wildman–Crippen LogP) is 3.50. The number of aliphatic carboxylic acids is 2. The van der Waals surface area contributed by atoms with Gasteiger partial charge >= 0.3 is 11.9 Å². The minimum atomic E-state index is -1.26. The van der Waals surface area contributed by atoms with Crippen LogP contribution in [-0.2, 0) is 22.7 Å². The number of rotatable bonds is 6. The molecule has 1 aliphatic heterocycles. The van der Waals surface area contributed by atoms with E-state index in [1.807, 2.05) is 0 Å². The van der Waals surface area contributed by atoms with Crippen molar-refractivity contribution in [3.8, 4) is 0 Å². The molecule has 0 radical (unpaired) electrons. The highest BCUT2D eigenvalue weighted by Crippen LogP contribution is 2.48. The molecule has 2 N–H and O–H groups in total. The second-order valence-electron chi connectivity index (χ2n) is 8.40. The topological polar surface area (TPSA) is 81.1 Å². The van der Waals surface area contributed by atoms with E-state index < -0.39 is 11.9 Å². The van der Waals surface area contributed by atoms with E-state index in [2.05, 4.69) is 70.5 Å². The molecule has 1 saturated heterocycles. The fraction of sp³-hybridized carbons (Fsp3) is 0.360. The van der Waals surface area contributed by atoms with E-state index in [0.29, 0.717) is 17.6 Å². The van der Waals surface area contributed by atoms with Gasteiger partial charge in [0, 0.05) is 51.4 Å². The van der Waals surface area contributed by atoms with E-state index in [4.69, 9.17) is 10.2 Å². The van der Waals surface area contributed by atoms with Crippen LogP contribution in [0.3, 0.4) is 0 Å². The van der Waals surface area contributed by atoms with Crippen molar-refractivity contribution >= 4 is 11.9 Å². The Hall–Kier alpha value is -2.96. The second kappa shape index (κ2) is 10.9. The van der Waals surface area contributed by atoms with Gasteiger partial charge in [-0.05, 0) is 29.4 Å². The van der Waals surface area contributed by atoms with Crippen molar-refractivity contribution in [1.82, 2.24) is 9.80 Å². The first-order chi connectivity index (χ1) is 14.9. The summed E-state index contributed by atoms with van der Waals surface area (Å²) in [5.41, 5.74) is 3.46. The lowest BCUT2D eigenvalue weighted by Crippen LogP contribution is -2.30. The van der Waals surface area contributed by atoms with Gasteiger partial charge in [0.1, 0.15) is 0 Å². The van der Waals surface area contributed by atoms with Crippen LogP contribution in [-0.4, -0.2) is 58.1 Å². The summed E-state index contributed by atoms with van der Waals surface area (Å²) in [4.78, 5) is 24.5. The third kappa shape index (κ3) is 8.00. The molecule has 0 amide bonds. The summed E-state index contributed by atoms with van der Waals surface area (Å²) >= 11 is 0. The molecule has 1 spiro atoms. The van der Waals surface area contributed by atoms with Gasteiger partial charge in [-0.15, -0.1) is 0 Å². The first kappa shape index (κ1) is 22.7. The second-order valence-corrected chi connectivity index (χ2v) is 8.40. The average molecular weight is 423 g/mol. The molecule has 2 fully saturated rings. The molecular formula is C25H30N2O4. The zero-order valence-corrected chi connectivity index (χ0v) is 17.7. The van der Waals surface area contributed by atoms with Gasteiger partial charge in [-0.1, -0.05) is 60.7 Å². The Balaban J connectivity index is 0.000000293. The molecule has 2 aromatic carbocycles. The van der Waals surface area contributed by atoms with Gasteiger partial charge in [0.25, 0.3) is 0 Å². The van der Waals surface area contributed by atoms with Crippen LogP contribution in [0.25, 0.3) is 0 Å². The van der Waals surface area contributed by atoms with Crippen molar-refractivity contribution < 1.29 is 19.8 Å². The maximum Gasteiger partial charge on any atom is 0.328 e. The number of carbonyl (C=O) groups is 2. The Labute approximate surface area is 183 Å². The van der Waals surface area contributed by atoms with E-state index in [1.54, 1.807) is 0 Å². The Morgan fingerprint density at radius 3 is 1.45 bits per heavy atom. The highest BCUT2D eigenvalue weighted by Gasteiger charge is 2.46. The van der Waals surface area contributed by atoms with Crippen molar-refractivity contribution in [1.29, 1.82) is 0 Å². The van der Waals surface area contributed by atoms with Gasteiger partial charge in [0.15, 0.2) is 0 Å². The maximum atomic E-state index is 9.55. The lowest BCUT2D eigenvalue weighted by Gasteiger charge is -2.24. The molecule has 164 valence electrons. The van der Waals surface area contributed by atoms with Gasteiger partial charge < -0.3 is 10.2 Å². The van der Waals surface area contributed by atoms with Crippen LogP contribution in [0.1, 0.15) is 24.0 Å². The first-order valence-electron chi connectivity index (χ1n) is 10.6. The molecule has 0 unspecified atom stereocenters. The van der Waals surface area contributed by atoms with Gasteiger partial charge in [-0.2, -0.15) is 0 Å². The molecule has 1 aliphatic carbocycles. The number of hydrogen-bond donors (Lipinski definition) is 2. The Morgan fingerprint density at radius 2 is 1.13 bits per heavy atom. The number of hydrogen-bond acceptors (Lipinski definition) is 4. The van der Waals surface area contributed by atoms with Crippen LogP contribution in [0, 0.1) is 5.41 Å². The molecule has 0 atom stereocenters. The Morgan fingerprint density at radius 1 is 0.742 bits per heavy atom. The van der Waals surface area contributed by atoms with Gasteiger partial charge in [0.05, 0.1) is 0 Å². The molecule has 6 heteroatoms. The van der Waals surface area contributed by atoms with Gasteiger partial charge in [-0.3, -0.25) is 9.80 Å². The largest absolute Gasteiger partial charge is 0.478 e. The van der Waals surface area contributed by atoms with Crippen LogP contribution >= 0.6 is 0 Å². The molecule has 0 bridgehead atoms. The molecule has 6 nitrogen and oxygen atoms in total. The fourth-order valence-corrected chi connectivity index (χ4v) is 4.03. The summed E-state index contributed by atoms with van der Waals surface area (Å²) < 4.78 is 0. The molecule has 2 aromatic rings. The van der Waals surface area contributed by atoms with Crippen molar-refractivity contribution in [2.24, 2.45) is 5.41 Å². The van der Waals surface area contributed by atoms with E-state index in [9.17, 15) is 9.59 Å². The summed E-state index contributed by atoms with van der Waals surface area (Å²) in [6.45, 7) is 7.11. The van der Waals surface area contributed by atoms with Crippen molar-refractivity contribution in [2.45, 2.75) is 25.9 Å². The van der Waals surface area contributed by atoms with Crippen LogP contribution in [0.2, 0.25) is 0 Å². The molecule has 1 saturated carbocycles. The molecule has 2 aliphatic rings. The van der Waals surface area contributed by atoms with Gasteiger partial charge in [0.2, 0.25) is 0 Å².